The molecule has 0 amide bonds. The standard InChI is InChI=1S/C19H26O2/c1-18-8-3-4-15(18)14-6-5-12-10-13(20)7-9-19(12,2)17(14)16(21)11-18/h7,9-10,14-17,21H,3-6,8,11H2,1-2H3/t14-,15-,16-,17+,18-,19-/m0/s1. The first-order valence-electron chi connectivity index (χ1n) is 8.56. The van der Waals surface area contributed by atoms with Gasteiger partial charge in [-0.05, 0) is 61.5 Å². The minimum absolute atomic E-state index is 0.0971. The number of carbonyl (C=O) groups is 1. The third-order valence-electron chi connectivity index (χ3n) is 7.27. The lowest BCUT2D eigenvalue weighted by Crippen LogP contribution is -2.54. The summed E-state index contributed by atoms with van der Waals surface area (Å²) in [4.78, 5) is 11.7. The SMILES string of the molecule is C[C@@]12CCC[C@H]1[C@@H]1CCC3=CC(=O)C=C[C@]3(C)[C@H]1[C@@H](O)C2. The second-order valence-corrected chi connectivity index (χ2v) is 8.34. The Morgan fingerprint density at radius 3 is 2.90 bits per heavy atom. The van der Waals surface area contributed by atoms with Crippen molar-refractivity contribution < 1.29 is 9.90 Å². The summed E-state index contributed by atoms with van der Waals surface area (Å²) in [7, 11) is 0. The molecule has 114 valence electrons. The highest BCUT2D eigenvalue weighted by molar-refractivity contribution is 6.01. The monoisotopic (exact) mass is 286 g/mol. The maximum atomic E-state index is 11.7. The number of hydrogen-bond donors (Lipinski definition) is 1. The minimum atomic E-state index is -0.221. The Morgan fingerprint density at radius 1 is 1.29 bits per heavy atom. The van der Waals surface area contributed by atoms with Crippen molar-refractivity contribution in [1.82, 2.24) is 0 Å². The molecule has 21 heavy (non-hydrogen) atoms. The van der Waals surface area contributed by atoms with Gasteiger partial charge in [-0.2, -0.15) is 0 Å². The van der Waals surface area contributed by atoms with Gasteiger partial charge in [0.05, 0.1) is 6.10 Å². The van der Waals surface area contributed by atoms with Crippen molar-refractivity contribution in [3.05, 3.63) is 23.8 Å². The largest absolute Gasteiger partial charge is 0.393 e. The molecule has 0 aliphatic heterocycles. The van der Waals surface area contributed by atoms with Gasteiger partial charge < -0.3 is 5.11 Å². The maximum Gasteiger partial charge on any atom is 0.178 e. The number of rotatable bonds is 0. The molecule has 4 aliphatic rings. The fourth-order valence-electron chi connectivity index (χ4n) is 6.34. The number of aliphatic hydroxyl groups excluding tert-OH is 1. The molecule has 0 aromatic heterocycles. The van der Waals surface area contributed by atoms with E-state index in [9.17, 15) is 9.90 Å². The van der Waals surface area contributed by atoms with E-state index in [0.717, 1.165) is 25.2 Å². The van der Waals surface area contributed by atoms with Gasteiger partial charge in [-0.3, -0.25) is 4.79 Å². The summed E-state index contributed by atoms with van der Waals surface area (Å²) in [6.45, 7) is 4.65. The molecule has 0 unspecified atom stereocenters. The van der Waals surface area contributed by atoms with Gasteiger partial charge in [-0.25, -0.2) is 0 Å². The second-order valence-electron chi connectivity index (χ2n) is 8.34. The molecule has 0 aromatic rings. The average molecular weight is 286 g/mol. The van der Waals surface area contributed by atoms with Crippen LogP contribution in [-0.4, -0.2) is 17.0 Å². The number of aliphatic hydroxyl groups is 1. The quantitative estimate of drug-likeness (QED) is 0.738. The molecule has 0 radical (unpaired) electrons. The van der Waals surface area contributed by atoms with Crippen LogP contribution in [0.2, 0.25) is 0 Å². The molecule has 3 fully saturated rings. The molecule has 1 N–H and O–H groups in total. The number of carbonyl (C=O) groups excluding carboxylic acids is 1. The Bertz CT molecular complexity index is 546. The number of allylic oxidation sites excluding steroid dienone is 4. The van der Waals surface area contributed by atoms with E-state index in [0.29, 0.717) is 17.3 Å². The Morgan fingerprint density at radius 2 is 2.10 bits per heavy atom. The van der Waals surface area contributed by atoms with Gasteiger partial charge in [0.2, 0.25) is 0 Å². The fourth-order valence-corrected chi connectivity index (χ4v) is 6.34. The Hall–Kier alpha value is -0.890. The molecule has 2 heteroatoms. The fraction of sp³-hybridized carbons (Fsp3) is 0.737. The van der Waals surface area contributed by atoms with Gasteiger partial charge in [0, 0.05) is 11.3 Å². The van der Waals surface area contributed by atoms with Crippen LogP contribution in [0.1, 0.15) is 52.4 Å². The predicted octanol–water partition coefficient (Wildman–Crippen LogP) is 3.66. The first-order chi connectivity index (χ1) is 9.94. The van der Waals surface area contributed by atoms with Crippen molar-refractivity contribution in [1.29, 1.82) is 0 Å². The summed E-state index contributed by atoms with van der Waals surface area (Å²) in [5.74, 6) is 1.83. The lowest BCUT2D eigenvalue weighted by molar-refractivity contribution is -0.113. The summed E-state index contributed by atoms with van der Waals surface area (Å²) in [6, 6.07) is 0. The molecule has 3 saturated carbocycles. The average Bonchev–Trinajstić information content (AvgIpc) is 2.80. The van der Waals surface area contributed by atoms with Gasteiger partial charge in [0.15, 0.2) is 5.78 Å². The van der Waals surface area contributed by atoms with E-state index in [4.69, 9.17) is 0 Å². The zero-order valence-corrected chi connectivity index (χ0v) is 13.1. The third kappa shape index (κ3) is 1.78. The lowest BCUT2D eigenvalue weighted by atomic mass is 9.47. The molecular weight excluding hydrogens is 260 g/mol. The number of hydrogen-bond acceptors (Lipinski definition) is 2. The van der Waals surface area contributed by atoms with Crippen molar-refractivity contribution in [2.45, 2.75) is 58.5 Å². The van der Waals surface area contributed by atoms with Crippen LogP contribution in [0.5, 0.6) is 0 Å². The molecular formula is C19H26O2. The van der Waals surface area contributed by atoms with Gasteiger partial charge in [0.25, 0.3) is 0 Å². The maximum absolute atomic E-state index is 11.7. The topological polar surface area (TPSA) is 37.3 Å². The third-order valence-corrected chi connectivity index (χ3v) is 7.27. The van der Waals surface area contributed by atoms with Crippen LogP contribution in [0.3, 0.4) is 0 Å². The van der Waals surface area contributed by atoms with E-state index in [-0.39, 0.29) is 17.3 Å². The first-order valence-corrected chi connectivity index (χ1v) is 8.56. The second kappa shape index (κ2) is 4.32. The van der Waals surface area contributed by atoms with Crippen LogP contribution < -0.4 is 0 Å². The Kier molecular flexibility index (Phi) is 2.83. The lowest BCUT2D eigenvalue weighted by Gasteiger charge is -2.58. The Labute approximate surface area is 127 Å². The molecule has 0 aromatic carbocycles. The highest BCUT2D eigenvalue weighted by Crippen LogP contribution is 2.64. The van der Waals surface area contributed by atoms with Gasteiger partial charge >= 0.3 is 0 Å². The number of fused-ring (bicyclic) bond motifs is 5. The Balaban J connectivity index is 1.76. The summed E-state index contributed by atoms with van der Waals surface area (Å²) in [6.07, 6.45) is 12.5. The summed E-state index contributed by atoms with van der Waals surface area (Å²) < 4.78 is 0. The van der Waals surface area contributed by atoms with Gasteiger partial charge in [-0.15, -0.1) is 0 Å². The first kappa shape index (κ1) is 13.8. The van der Waals surface area contributed by atoms with Crippen molar-refractivity contribution in [3.8, 4) is 0 Å². The molecule has 0 bridgehead atoms. The molecule has 0 spiro atoms. The normalized spacial score (nSPS) is 52.0. The van der Waals surface area contributed by atoms with Gasteiger partial charge in [0.1, 0.15) is 0 Å². The molecule has 2 nitrogen and oxygen atoms in total. The minimum Gasteiger partial charge on any atom is -0.393 e. The van der Waals surface area contributed by atoms with Gasteiger partial charge in [-0.1, -0.05) is 31.9 Å². The van der Waals surface area contributed by atoms with Crippen LogP contribution in [0.15, 0.2) is 23.8 Å². The van der Waals surface area contributed by atoms with Crippen molar-refractivity contribution in [2.75, 3.05) is 0 Å². The van der Waals surface area contributed by atoms with Crippen LogP contribution in [-0.2, 0) is 4.79 Å². The summed E-state index contributed by atoms with van der Waals surface area (Å²) in [5, 5.41) is 10.9. The molecule has 4 aliphatic carbocycles. The van der Waals surface area contributed by atoms with E-state index < -0.39 is 0 Å². The highest BCUT2D eigenvalue weighted by Gasteiger charge is 2.58. The van der Waals surface area contributed by atoms with E-state index in [2.05, 4.69) is 19.9 Å². The van der Waals surface area contributed by atoms with Crippen molar-refractivity contribution >= 4 is 5.78 Å². The summed E-state index contributed by atoms with van der Waals surface area (Å²) >= 11 is 0. The summed E-state index contributed by atoms with van der Waals surface area (Å²) in [5.41, 5.74) is 1.52. The van der Waals surface area contributed by atoms with Crippen LogP contribution >= 0.6 is 0 Å². The molecule has 4 rings (SSSR count). The molecule has 6 atom stereocenters. The number of ketones is 1. The van der Waals surface area contributed by atoms with Crippen molar-refractivity contribution in [3.63, 3.8) is 0 Å². The van der Waals surface area contributed by atoms with E-state index >= 15 is 0 Å². The van der Waals surface area contributed by atoms with E-state index in [1.165, 1.54) is 24.8 Å². The van der Waals surface area contributed by atoms with Crippen LogP contribution in [0, 0.1) is 28.6 Å². The zero-order chi connectivity index (χ0) is 14.8. The highest BCUT2D eigenvalue weighted by atomic mass is 16.3. The van der Waals surface area contributed by atoms with Crippen LogP contribution in [0.25, 0.3) is 0 Å². The predicted molar refractivity (Wildman–Crippen MR) is 82.6 cm³/mol. The zero-order valence-electron chi connectivity index (χ0n) is 13.1. The van der Waals surface area contributed by atoms with Crippen LogP contribution in [0.4, 0.5) is 0 Å². The van der Waals surface area contributed by atoms with E-state index in [1.54, 1.807) is 6.08 Å². The van der Waals surface area contributed by atoms with Crippen molar-refractivity contribution in [2.24, 2.45) is 28.6 Å². The molecule has 0 saturated heterocycles. The smallest absolute Gasteiger partial charge is 0.178 e. The van der Waals surface area contributed by atoms with E-state index in [1.807, 2.05) is 6.08 Å². The molecule has 0 heterocycles.